The van der Waals surface area contributed by atoms with Crippen LogP contribution in [0.4, 0.5) is 0 Å². The molecule has 1 aromatic rings. The van der Waals surface area contributed by atoms with Gasteiger partial charge in [-0.05, 0) is 37.8 Å². The van der Waals surface area contributed by atoms with Gasteiger partial charge in [-0.2, -0.15) is 4.31 Å². The number of hydrogen-bond donors (Lipinski definition) is 1. The number of sulfonamides is 1. The third kappa shape index (κ3) is 4.63. The van der Waals surface area contributed by atoms with Gasteiger partial charge >= 0.3 is 0 Å². The zero-order valence-corrected chi connectivity index (χ0v) is 16.4. The van der Waals surface area contributed by atoms with Gasteiger partial charge in [-0.3, -0.25) is 9.59 Å². The fourth-order valence-electron chi connectivity index (χ4n) is 3.30. The van der Waals surface area contributed by atoms with E-state index in [1.807, 2.05) is 4.90 Å². The molecule has 0 saturated carbocycles. The van der Waals surface area contributed by atoms with Gasteiger partial charge in [0.15, 0.2) is 0 Å². The predicted molar refractivity (Wildman–Crippen MR) is 99.5 cm³/mol. The van der Waals surface area contributed by atoms with Crippen LogP contribution in [0.25, 0.3) is 0 Å². The van der Waals surface area contributed by atoms with Gasteiger partial charge in [0.25, 0.3) is 10.0 Å². The number of rotatable bonds is 7. The van der Waals surface area contributed by atoms with Crippen molar-refractivity contribution in [3.8, 4) is 0 Å². The van der Waals surface area contributed by atoms with Crippen molar-refractivity contribution < 1.29 is 18.0 Å². The summed E-state index contributed by atoms with van der Waals surface area (Å²) in [5, 5.41) is 2.75. The molecule has 2 saturated heterocycles. The van der Waals surface area contributed by atoms with Crippen molar-refractivity contribution >= 4 is 33.2 Å². The zero-order valence-electron chi connectivity index (χ0n) is 14.8. The standard InChI is InChI=1S/C17H25N3O4S2/c21-15(18-8-7-16(22)19-9-1-2-10-19)13-14-5-6-17(25-14)26(23,24)20-11-3-4-12-20/h5-6H,1-4,7-13H2,(H,18,21). The molecule has 7 nitrogen and oxygen atoms in total. The van der Waals surface area contributed by atoms with Crippen molar-refractivity contribution in [2.75, 3.05) is 32.7 Å². The van der Waals surface area contributed by atoms with Crippen LogP contribution in [0.3, 0.4) is 0 Å². The summed E-state index contributed by atoms with van der Waals surface area (Å²) in [5.41, 5.74) is 0. The van der Waals surface area contributed by atoms with Crippen LogP contribution in [0.1, 0.15) is 37.0 Å². The number of hydrogen-bond acceptors (Lipinski definition) is 5. The molecule has 9 heteroatoms. The fraction of sp³-hybridized carbons (Fsp3) is 0.647. The molecule has 0 unspecified atom stereocenters. The highest BCUT2D eigenvalue weighted by molar-refractivity contribution is 7.91. The van der Waals surface area contributed by atoms with E-state index >= 15 is 0 Å². The Morgan fingerprint density at radius 2 is 1.69 bits per heavy atom. The molecule has 3 heterocycles. The summed E-state index contributed by atoms with van der Waals surface area (Å²) in [6.07, 6.45) is 4.35. The highest BCUT2D eigenvalue weighted by Gasteiger charge is 2.28. The van der Waals surface area contributed by atoms with Crippen LogP contribution < -0.4 is 5.32 Å². The Kier molecular flexibility index (Phi) is 6.31. The topological polar surface area (TPSA) is 86.8 Å². The summed E-state index contributed by atoms with van der Waals surface area (Å²) < 4.78 is 26.8. The molecule has 3 rings (SSSR count). The van der Waals surface area contributed by atoms with Gasteiger partial charge < -0.3 is 10.2 Å². The van der Waals surface area contributed by atoms with Crippen molar-refractivity contribution in [3.63, 3.8) is 0 Å². The largest absolute Gasteiger partial charge is 0.355 e. The van der Waals surface area contributed by atoms with E-state index in [1.165, 1.54) is 4.31 Å². The van der Waals surface area contributed by atoms with E-state index in [1.54, 1.807) is 12.1 Å². The van der Waals surface area contributed by atoms with E-state index in [4.69, 9.17) is 0 Å². The first kappa shape index (κ1) is 19.3. The highest BCUT2D eigenvalue weighted by atomic mass is 32.2. The summed E-state index contributed by atoms with van der Waals surface area (Å²) in [7, 11) is -3.42. The molecule has 0 radical (unpaired) electrons. The molecule has 0 aromatic carbocycles. The maximum Gasteiger partial charge on any atom is 0.252 e. The number of amides is 2. The average molecular weight is 400 g/mol. The van der Waals surface area contributed by atoms with E-state index in [0.29, 0.717) is 35.1 Å². The summed E-state index contributed by atoms with van der Waals surface area (Å²) in [6.45, 7) is 3.09. The van der Waals surface area contributed by atoms with Crippen molar-refractivity contribution in [1.82, 2.24) is 14.5 Å². The van der Waals surface area contributed by atoms with Gasteiger partial charge in [0, 0.05) is 44.0 Å². The molecule has 0 aliphatic carbocycles. The first-order valence-corrected chi connectivity index (χ1v) is 11.4. The van der Waals surface area contributed by atoms with Crippen LogP contribution in [0.2, 0.25) is 0 Å². The fourth-order valence-corrected chi connectivity index (χ4v) is 6.33. The van der Waals surface area contributed by atoms with Gasteiger partial charge in [-0.15, -0.1) is 11.3 Å². The molecule has 0 atom stereocenters. The summed E-state index contributed by atoms with van der Waals surface area (Å²) in [4.78, 5) is 26.5. The summed E-state index contributed by atoms with van der Waals surface area (Å²) in [5.74, 6) is -0.107. The van der Waals surface area contributed by atoms with Crippen LogP contribution in [0.5, 0.6) is 0 Å². The van der Waals surface area contributed by atoms with Crippen molar-refractivity contribution in [2.24, 2.45) is 0 Å². The normalized spacial score (nSPS) is 18.4. The van der Waals surface area contributed by atoms with Gasteiger partial charge in [0.1, 0.15) is 4.21 Å². The van der Waals surface area contributed by atoms with Crippen molar-refractivity contribution in [3.05, 3.63) is 17.0 Å². The van der Waals surface area contributed by atoms with E-state index < -0.39 is 10.0 Å². The second-order valence-corrected chi connectivity index (χ2v) is 10.0. The minimum Gasteiger partial charge on any atom is -0.355 e. The molecule has 2 fully saturated rings. The minimum absolute atomic E-state index is 0.0814. The van der Waals surface area contributed by atoms with Crippen LogP contribution >= 0.6 is 11.3 Å². The van der Waals surface area contributed by atoms with Gasteiger partial charge in [-0.25, -0.2) is 8.42 Å². The van der Waals surface area contributed by atoms with E-state index in [0.717, 1.165) is 50.1 Å². The minimum atomic E-state index is -3.42. The number of carbonyl (C=O) groups excluding carboxylic acids is 2. The Morgan fingerprint density at radius 3 is 2.38 bits per heavy atom. The molecule has 2 amide bonds. The molecule has 2 aliphatic rings. The second kappa shape index (κ2) is 8.49. The number of thiophene rings is 1. The predicted octanol–water partition coefficient (Wildman–Crippen LogP) is 1.20. The maximum absolute atomic E-state index is 12.5. The molecule has 1 N–H and O–H groups in total. The smallest absolute Gasteiger partial charge is 0.252 e. The second-order valence-electron chi connectivity index (χ2n) is 6.70. The highest BCUT2D eigenvalue weighted by Crippen LogP contribution is 2.27. The lowest BCUT2D eigenvalue weighted by Crippen LogP contribution is -2.33. The zero-order chi connectivity index (χ0) is 18.6. The molecule has 1 aromatic heterocycles. The van der Waals surface area contributed by atoms with Gasteiger partial charge in [0.2, 0.25) is 11.8 Å². The van der Waals surface area contributed by atoms with E-state index in [2.05, 4.69) is 5.32 Å². The van der Waals surface area contributed by atoms with Crippen LogP contribution in [-0.2, 0) is 26.0 Å². The Morgan fingerprint density at radius 1 is 1.04 bits per heavy atom. The third-order valence-electron chi connectivity index (χ3n) is 4.75. The van der Waals surface area contributed by atoms with Gasteiger partial charge in [0.05, 0.1) is 6.42 Å². The molecule has 144 valence electrons. The van der Waals surface area contributed by atoms with E-state index in [-0.39, 0.29) is 18.2 Å². The lowest BCUT2D eigenvalue weighted by molar-refractivity contribution is -0.130. The van der Waals surface area contributed by atoms with Crippen LogP contribution in [0.15, 0.2) is 16.3 Å². The lowest BCUT2D eigenvalue weighted by Gasteiger charge is -2.15. The molecule has 26 heavy (non-hydrogen) atoms. The molecule has 0 bridgehead atoms. The first-order chi connectivity index (χ1) is 12.5. The number of likely N-dealkylation sites (tertiary alicyclic amines) is 1. The third-order valence-corrected chi connectivity index (χ3v) is 8.20. The quantitative estimate of drug-likeness (QED) is 0.746. The van der Waals surface area contributed by atoms with Crippen LogP contribution in [-0.4, -0.2) is 62.2 Å². The Labute approximate surface area is 158 Å². The van der Waals surface area contributed by atoms with Gasteiger partial charge in [-0.1, -0.05) is 0 Å². The summed E-state index contributed by atoms with van der Waals surface area (Å²) in [6, 6.07) is 3.28. The Balaban J connectivity index is 1.46. The first-order valence-electron chi connectivity index (χ1n) is 9.10. The summed E-state index contributed by atoms with van der Waals surface area (Å²) >= 11 is 1.15. The SMILES string of the molecule is O=C(Cc1ccc(S(=O)(=O)N2CCCC2)s1)NCCC(=O)N1CCCC1. The number of carbonyl (C=O) groups is 2. The molecule has 2 aliphatic heterocycles. The lowest BCUT2D eigenvalue weighted by atomic mass is 10.3. The van der Waals surface area contributed by atoms with Crippen LogP contribution in [0, 0.1) is 0 Å². The van der Waals surface area contributed by atoms with Crippen molar-refractivity contribution in [2.45, 2.75) is 42.7 Å². The average Bonchev–Trinajstić information content (AvgIpc) is 3.35. The monoisotopic (exact) mass is 399 g/mol. The van der Waals surface area contributed by atoms with E-state index in [9.17, 15) is 18.0 Å². The molecular formula is C17H25N3O4S2. The number of nitrogens with one attached hydrogen (secondary N) is 1. The maximum atomic E-state index is 12.5. The molecule has 0 spiro atoms. The van der Waals surface area contributed by atoms with Crippen molar-refractivity contribution in [1.29, 1.82) is 0 Å². The number of nitrogens with zero attached hydrogens (tertiary/aromatic N) is 2. The Bertz CT molecular complexity index is 748. The molecular weight excluding hydrogens is 374 g/mol. The Hall–Kier alpha value is -1.45.